The third-order valence-corrected chi connectivity index (χ3v) is 6.88. The van der Waals surface area contributed by atoms with Crippen LogP contribution < -0.4 is 15.5 Å². The lowest BCUT2D eigenvalue weighted by Gasteiger charge is -2.27. The molecule has 2 heterocycles. The van der Waals surface area contributed by atoms with E-state index in [-0.39, 0.29) is 30.4 Å². The Morgan fingerprint density at radius 2 is 2.07 bits per heavy atom. The Bertz CT molecular complexity index is 857. The number of unbranched alkanes of at least 4 members (excludes halogenated alkanes) is 1. The van der Waals surface area contributed by atoms with Crippen LogP contribution in [0.5, 0.6) is 0 Å². The van der Waals surface area contributed by atoms with E-state index in [0.717, 1.165) is 18.6 Å². The number of benzene rings is 1. The summed E-state index contributed by atoms with van der Waals surface area (Å²) in [5.41, 5.74) is 9.33. The third kappa shape index (κ3) is 4.98. The van der Waals surface area contributed by atoms with Crippen molar-refractivity contribution >= 4 is 41.0 Å². The van der Waals surface area contributed by atoms with Crippen molar-refractivity contribution in [2.45, 2.75) is 56.0 Å². The number of urea groups is 1. The van der Waals surface area contributed by atoms with Gasteiger partial charge in [-0.3, -0.25) is 9.69 Å². The second-order valence-electron chi connectivity index (χ2n) is 7.35. The molecule has 3 rings (SSSR count). The van der Waals surface area contributed by atoms with Crippen LogP contribution in [0.25, 0.3) is 10.4 Å². The Kier molecular flexibility index (Phi) is 7.07. The number of anilines is 1. The molecule has 0 aliphatic carbocycles. The van der Waals surface area contributed by atoms with E-state index in [0.29, 0.717) is 23.0 Å². The molecule has 10 nitrogen and oxygen atoms in total. The number of fused-ring (bicyclic) bond motifs is 1. The minimum atomic E-state index is -1.10. The number of carboxylic acid groups (broad SMARTS) is 1. The molecule has 3 amide bonds. The van der Waals surface area contributed by atoms with Crippen molar-refractivity contribution in [3.8, 4) is 0 Å². The van der Waals surface area contributed by atoms with Crippen molar-refractivity contribution in [1.82, 2.24) is 10.6 Å². The van der Waals surface area contributed by atoms with Gasteiger partial charge in [-0.15, -0.1) is 0 Å². The van der Waals surface area contributed by atoms with Gasteiger partial charge in [0.1, 0.15) is 6.04 Å². The number of aliphatic carboxylic acids is 1. The number of carbonyl (C=O) groups is 3. The second kappa shape index (κ2) is 9.73. The quantitative estimate of drug-likeness (QED) is 0.180. The van der Waals surface area contributed by atoms with Gasteiger partial charge in [-0.1, -0.05) is 23.7 Å². The number of rotatable bonds is 9. The van der Waals surface area contributed by atoms with Crippen LogP contribution in [0.4, 0.5) is 16.2 Å². The molecular formula is C19H24N6O4S. The van der Waals surface area contributed by atoms with Crippen LogP contribution in [-0.4, -0.2) is 52.1 Å². The number of nitrogens with one attached hydrogen (secondary N) is 2. The summed E-state index contributed by atoms with van der Waals surface area (Å²) in [5.74, 6) is -0.475. The highest BCUT2D eigenvalue weighted by Crippen LogP contribution is 2.33. The Labute approximate surface area is 178 Å². The molecule has 0 aromatic heterocycles. The molecule has 1 aromatic carbocycles. The van der Waals surface area contributed by atoms with E-state index in [1.165, 1.54) is 11.8 Å². The molecule has 0 radical (unpaired) electrons. The summed E-state index contributed by atoms with van der Waals surface area (Å²) in [4.78, 5) is 39.8. The Balaban J connectivity index is 1.56. The van der Waals surface area contributed by atoms with Crippen LogP contribution in [0, 0.1) is 0 Å². The lowest BCUT2D eigenvalue weighted by atomic mass is 10.0. The Hall–Kier alpha value is -2.91. The highest BCUT2D eigenvalue weighted by molar-refractivity contribution is 8.00. The van der Waals surface area contributed by atoms with E-state index >= 15 is 0 Å². The van der Waals surface area contributed by atoms with E-state index in [9.17, 15) is 19.5 Å². The van der Waals surface area contributed by atoms with Gasteiger partial charge in [-0.25, -0.2) is 9.59 Å². The molecule has 0 unspecified atom stereocenters. The zero-order valence-corrected chi connectivity index (χ0v) is 17.3. The van der Waals surface area contributed by atoms with E-state index in [2.05, 4.69) is 20.7 Å². The van der Waals surface area contributed by atoms with Crippen molar-refractivity contribution in [2.24, 2.45) is 5.11 Å². The van der Waals surface area contributed by atoms with Gasteiger partial charge in [-0.2, -0.15) is 11.8 Å². The number of nitrogens with zero attached hydrogens (tertiary/aromatic N) is 4. The summed E-state index contributed by atoms with van der Waals surface area (Å²) in [7, 11) is 0. The molecule has 160 valence electrons. The predicted molar refractivity (Wildman–Crippen MR) is 114 cm³/mol. The molecule has 2 aliphatic heterocycles. The first-order valence-electron chi connectivity index (χ1n) is 9.79. The van der Waals surface area contributed by atoms with Gasteiger partial charge < -0.3 is 15.7 Å². The molecule has 11 heteroatoms. The van der Waals surface area contributed by atoms with Crippen molar-refractivity contribution in [3.63, 3.8) is 0 Å². The van der Waals surface area contributed by atoms with Crippen LogP contribution in [0.3, 0.4) is 0 Å². The number of hydrogen-bond acceptors (Lipinski definition) is 5. The van der Waals surface area contributed by atoms with Crippen molar-refractivity contribution in [2.75, 3.05) is 10.7 Å². The van der Waals surface area contributed by atoms with Crippen LogP contribution in [0.1, 0.15) is 32.6 Å². The van der Waals surface area contributed by atoms with Crippen LogP contribution in [-0.2, 0) is 9.59 Å². The van der Waals surface area contributed by atoms with Crippen molar-refractivity contribution in [3.05, 3.63) is 34.7 Å². The minimum Gasteiger partial charge on any atom is -0.480 e. The second-order valence-corrected chi connectivity index (χ2v) is 8.62. The van der Waals surface area contributed by atoms with Crippen molar-refractivity contribution in [1.29, 1.82) is 0 Å². The zero-order chi connectivity index (χ0) is 21.7. The van der Waals surface area contributed by atoms with Crippen LogP contribution in [0.2, 0.25) is 0 Å². The SMILES string of the molecule is C[C@@H](C(=O)O)N(C(=O)CCCC[C@@H]1SC[C@@H]2NC(=O)N[C@@H]21)c1ccc(N=[N+]=[N-])cc1. The highest BCUT2D eigenvalue weighted by Gasteiger charge is 2.42. The van der Waals surface area contributed by atoms with E-state index in [1.807, 2.05) is 11.8 Å². The monoisotopic (exact) mass is 432 g/mol. The smallest absolute Gasteiger partial charge is 0.326 e. The first-order chi connectivity index (χ1) is 14.4. The molecule has 30 heavy (non-hydrogen) atoms. The van der Waals surface area contributed by atoms with Crippen LogP contribution >= 0.6 is 11.8 Å². The van der Waals surface area contributed by atoms with Gasteiger partial charge in [0, 0.05) is 33.7 Å². The molecule has 2 fully saturated rings. The van der Waals surface area contributed by atoms with Gasteiger partial charge >= 0.3 is 12.0 Å². The van der Waals surface area contributed by atoms with Gasteiger partial charge in [0.05, 0.1) is 12.1 Å². The molecule has 1 aromatic rings. The maximum Gasteiger partial charge on any atom is 0.326 e. The highest BCUT2D eigenvalue weighted by atomic mass is 32.2. The first-order valence-corrected chi connectivity index (χ1v) is 10.8. The number of hydrogen-bond donors (Lipinski definition) is 3. The molecular weight excluding hydrogens is 408 g/mol. The molecule has 4 atom stereocenters. The van der Waals surface area contributed by atoms with Crippen molar-refractivity contribution < 1.29 is 19.5 Å². The number of azide groups is 1. The molecule has 0 bridgehead atoms. The summed E-state index contributed by atoms with van der Waals surface area (Å²) in [6.45, 7) is 1.46. The topological polar surface area (TPSA) is 148 Å². The number of amides is 3. The summed E-state index contributed by atoms with van der Waals surface area (Å²) < 4.78 is 0. The average Bonchev–Trinajstić information content (AvgIpc) is 3.26. The summed E-state index contributed by atoms with van der Waals surface area (Å²) in [6, 6.07) is 5.41. The summed E-state index contributed by atoms with van der Waals surface area (Å²) >= 11 is 1.83. The Morgan fingerprint density at radius 1 is 1.33 bits per heavy atom. The van der Waals surface area contributed by atoms with E-state index in [1.54, 1.807) is 24.3 Å². The van der Waals surface area contributed by atoms with Gasteiger partial charge in [0.15, 0.2) is 0 Å². The molecule has 0 spiro atoms. The molecule has 3 N–H and O–H groups in total. The first kappa shape index (κ1) is 21.8. The maximum atomic E-state index is 12.8. The minimum absolute atomic E-state index is 0.116. The molecule has 2 aliphatic rings. The van der Waals surface area contributed by atoms with Crippen LogP contribution in [0.15, 0.2) is 29.4 Å². The zero-order valence-electron chi connectivity index (χ0n) is 16.5. The van der Waals surface area contributed by atoms with E-state index < -0.39 is 12.0 Å². The standard InChI is InChI=1S/C19H24N6O4S/c1-11(18(27)28)25(13-8-6-12(7-9-13)23-24-20)16(26)5-3-2-4-15-17-14(10-30-15)21-19(29)22-17/h6-9,11,14-15,17H,2-5,10H2,1H3,(H,27,28)(H2,21,22,29)/t11-,14-,15-,17-/m0/s1. The summed E-state index contributed by atoms with van der Waals surface area (Å²) in [5, 5.41) is 19.1. The fourth-order valence-corrected chi connectivity index (χ4v) is 5.35. The predicted octanol–water partition coefficient (Wildman–Crippen LogP) is 3.16. The van der Waals surface area contributed by atoms with E-state index in [4.69, 9.17) is 5.53 Å². The fraction of sp³-hybridized carbons (Fsp3) is 0.526. The largest absolute Gasteiger partial charge is 0.480 e. The average molecular weight is 433 g/mol. The van der Waals surface area contributed by atoms with Gasteiger partial charge in [0.25, 0.3) is 0 Å². The number of thioether (sulfide) groups is 1. The molecule has 0 saturated carbocycles. The number of carboxylic acids is 1. The Morgan fingerprint density at radius 3 is 2.73 bits per heavy atom. The fourth-order valence-electron chi connectivity index (χ4n) is 3.81. The normalized spacial score (nSPS) is 23.0. The third-order valence-electron chi connectivity index (χ3n) is 5.37. The summed E-state index contributed by atoms with van der Waals surface area (Å²) in [6.07, 6.45) is 2.56. The molecule has 2 saturated heterocycles. The lowest BCUT2D eigenvalue weighted by Crippen LogP contribution is -2.43. The van der Waals surface area contributed by atoms with Gasteiger partial charge in [0.2, 0.25) is 5.91 Å². The lowest BCUT2D eigenvalue weighted by molar-refractivity contribution is -0.139. The maximum absolute atomic E-state index is 12.8. The van der Waals surface area contributed by atoms with Gasteiger partial charge in [-0.05, 0) is 37.4 Å². The number of carbonyl (C=O) groups excluding carboxylic acids is 2.